The van der Waals surface area contributed by atoms with Crippen molar-refractivity contribution in [3.63, 3.8) is 0 Å². The van der Waals surface area contributed by atoms with Crippen molar-refractivity contribution in [3.8, 4) is 17.2 Å². The Kier molecular flexibility index (Phi) is 4.92. The van der Waals surface area contributed by atoms with E-state index in [1.807, 2.05) is 18.2 Å². The molecule has 4 aromatic rings. The second-order valence-corrected chi connectivity index (χ2v) is 6.54. The zero-order valence-corrected chi connectivity index (χ0v) is 15.7. The number of carbonyl (C=O) groups excluding carboxylic acids is 1. The zero-order valence-electron chi connectivity index (χ0n) is 14.8. The third-order valence-corrected chi connectivity index (χ3v) is 4.32. The lowest BCUT2D eigenvalue weighted by Gasteiger charge is -2.11. The lowest BCUT2D eigenvalue weighted by atomic mass is 10.1. The molecule has 0 radical (unpaired) electrons. The first-order valence-corrected chi connectivity index (χ1v) is 8.97. The Hall–Kier alpha value is -3.78. The summed E-state index contributed by atoms with van der Waals surface area (Å²) in [4.78, 5) is 16.5. The number of nitrogens with zero attached hydrogens (tertiary/aromatic N) is 1. The topological polar surface area (TPSA) is 87.4 Å². The average Bonchev–Trinajstić information content (AvgIpc) is 3.14. The molecule has 0 fully saturated rings. The van der Waals surface area contributed by atoms with E-state index in [-0.39, 0.29) is 22.3 Å². The van der Waals surface area contributed by atoms with E-state index in [1.165, 1.54) is 30.3 Å². The number of thiocarbonyl (C=S) groups is 1. The maximum absolute atomic E-state index is 13.0. The molecule has 3 aromatic carbocycles. The first-order valence-electron chi connectivity index (χ1n) is 8.56. The first-order chi connectivity index (χ1) is 14.0. The van der Waals surface area contributed by atoms with Gasteiger partial charge in [-0.15, -0.1) is 0 Å². The summed E-state index contributed by atoms with van der Waals surface area (Å²) < 4.78 is 18.7. The molecule has 29 heavy (non-hydrogen) atoms. The molecule has 0 bridgehead atoms. The number of benzene rings is 3. The molecule has 0 unspecified atom stereocenters. The molecule has 1 heterocycles. The van der Waals surface area contributed by atoms with Gasteiger partial charge in [0.15, 0.2) is 10.7 Å². The minimum absolute atomic E-state index is 0.0108. The number of phenolic OH excluding ortho intramolecular Hbond substituents is 1. The van der Waals surface area contributed by atoms with Crippen molar-refractivity contribution in [1.29, 1.82) is 0 Å². The number of para-hydroxylation sites is 2. The molecule has 0 aliphatic heterocycles. The lowest BCUT2D eigenvalue weighted by Crippen LogP contribution is -2.34. The van der Waals surface area contributed by atoms with Crippen molar-refractivity contribution in [3.05, 3.63) is 78.1 Å². The third-order valence-electron chi connectivity index (χ3n) is 4.11. The van der Waals surface area contributed by atoms with Gasteiger partial charge >= 0.3 is 0 Å². The van der Waals surface area contributed by atoms with E-state index in [4.69, 9.17) is 16.6 Å². The fraction of sp³-hybridized carbons (Fsp3) is 0. The number of fused-ring (bicyclic) bond motifs is 1. The van der Waals surface area contributed by atoms with Gasteiger partial charge in [0.2, 0.25) is 5.89 Å². The molecular weight excluding hydrogens is 393 g/mol. The molecule has 0 saturated carbocycles. The highest BCUT2D eigenvalue weighted by molar-refractivity contribution is 7.80. The summed E-state index contributed by atoms with van der Waals surface area (Å²) in [6.07, 6.45) is 0. The van der Waals surface area contributed by atoms with Gasteiger partial charge < -0.3 is 14.8 Å². The number of nitrogens with one attached hydrogen (secondary N) is 2. The van der Waals surface area contributed by atoms with Gasteiger partial charge in [-0.25, -0.2) is 9.37 Å². The number of anilines is 1. The Labute approximate surface area is 170 Å². The standard InChI is InChI=1S/C21H14FN3O3S/c22-13-7-5-12(6-8-13)19(27)25-21(29)23-14-9-10-17(26)15(11-14)20-24-16-3-1-2-4-18(16)28-20/h1-11,26H,(H2,23,25,27,29). The molecule has 1 aromatic heterocycles. The molecule has 1 amide bonds. The van der Waals surface area contributed by atoms with E-state index in [0.29, 0.717) is 22.4 Å². The number of amides is 1. The van der Waals surface area contributed by atoms with Gasteiger partial charge in [-0.05, 0) is 66.8 Å². The van der Waals surface area contributed by atoms with E-state index in [2.05, 4.69) is 15.6 Å². The Balaban J connectivity index is 1.52. The van der Waals surface area contributed by atoms with Crippen LogP contribution in [-0.4, -0.2) is 21.1 Å². The first kappa shape index (κ1) is 18.6. The van der Waals surface area contributed by atoms with Crippen molar-refractivity contribution in [2.24, 2.45) is 0 Å². The molecule has 4 rings (SSSR count). The summed E-state index contributed by atoms with van der Waals surface area (Å²) in [5.41, 5.74) is 2.43. The second-order valence-electron chi connectivity index (χ2n) is 6.13. The molecular formula is C21H14FN3O3S. The predicted molar refractivity (Wildman–Crippen MR) is 111 cm³/mol. The van der Waals surface area contributed by atoms with E-state index in [9.17, 15) is 14.3 Å². The minimum Gasteiger partial charge on any atom is -0.507 e. The van der Waals surface area contributed by atoms with Crippen LogP contribution in [0.2, 0.25) is 0 Å². The van der Waals surface area contributed by atoms with Crippen LogP contribution in [0.3, 0.4) is 0 Å². The molecule has 3 N–H and O–H groups in total. The monoisotopic (exact) mass is 407 g/mol. The van der Waals surface area contributed by atoms with E-state index < -0.39 is 11.7 Å². The maximum atomic E-state index is 13.0. The van der Waals surface area contributed by atoms with Crippen molar-refractivity contribution >= 4 is 40.0 Å². The molecule has 0 aliphatic carbocycles. The molecule has 0 aliphatic rings. The van der Waals surface area contributed by atoms with Crippen LogP contribution in [0, 0.1) is 5.82 Å². The number of aromatic nitrogens is 1. The minimum atomic E-state index is -0.472. The Bertz CT molecular complexity index is 1190. The zero-order chi connectivity index (χ0) is 20.4. The maximum Gasteiger partial charge on any atom is 0.257 e. The van der Waals surface area contributed by atoms with Gasteiger partial charge in [0, 0.05) is 11.3 Å². The molecule has 0 atom stereocenters. The predicted octanol–water partition coefficient (Wildman–Crippen LogP) is 4.47. The average molecular weight is 407 g/mol. The third kappa shape index (κ3) is 4.07. The van der Waals surface area contributed by atoms with Crippen molar-refractivity contribution < 1.29 is 18.7 Å². The molecule has 144 valence electrons. The fourth-order valence-corrected chi connectivity index (χ4v) is 2.92. The van der Waals surface area contributed by atoms with Gasteiger partial charge in [0.25, 0.3) is 5.91 Å². The summed E-state index contributed by atoms with van der Waals surface area (Å²) >= 11 is 5.16. The normalized spacial score (nSPS) is 10.7. The van der Waals surface area contributed by atoms with Crippen LogP contribution in [0.15, 0.2) is 71.1 Å². The van der Waals surface area contributed by atoms with E-state index in [1.54, 1.807) is 18.2 Å². The molecule has 0 spiro atoms. The number of aromatic hydroxyl groups is 1. The number of hydrogen-bond donors (Lipinski definition) is 3. The summed E-state index contributed by atoms with van der Waals surface area (Å²) in [5, 5.41) is 15.6. The highest BCUT2D eigenvalue weighted by Crippen LogP contribution is 2.33. The number of rotatable bonds is 3. The Morgan fingerprint density at radius 1 is 1.07 bits per heavy atom. The summed E-state index contributed by atoms with van der Waals surface area (Å²) in [6, 6.07) is 17.0. The van der Waals surface area contributed by atoms with Gasteiger partial charge in [0.05, 0.1) is 5.56 Å². The number of hydrogen-bond acceptors (Lipinski definition) is 5. The van der Waals surface area contributed by atoms with Crippen LogP contribution in [0.25, 0.3) is 22.6 Å². The van der Waals surface area contributed by atoms with Crippen LogP contribution >= 0.6 is 12.2 Å². The quantitative estimate of drug-likeness (QED) is 0.343. The Morgan fingerprint density at radius 2 is 1.83 bits per heavy atom. The van der Waals surface area contributed by atoms with Crippen LogP contribution in [0.5, 0.6) is 5.75 Å². The largest absolute Gasteiger partial charge is 0.507 e. The van der Waals surface area contributed by atoms with Crippen molar-refractivity contribution in [1.82, 2.24) is 10.3 Å². The van der Waals surface area contributed by atoms with E-state index >= 15 is 0 Å². The van der Waals surface area contributed by atoms with Crippen LogP contribution < -0.4 is 10.6 Å². The fourth-order valence-electron chi connectivity index (χ4n) is 2.71. The van der Waals surface area contributed by atoms with Gasteiger partial charge in [-0.1, -0.05) is 12.1 Å². The second kappa shape index (κ2) is 7.69. The molecule has 0 saturated heterocycles. The number of phenols is 1. The number of halogens is 1. The SMILES string of the molecule is O=C(NC(=S)Nc1ccc(O)c(-c2nc3ccccc3o2)c1)c1ccc(F)cc1. The summed E-state index contributed by atoms with van der Waals surface area (Å²) in [7, 11) is 0. The molecule has 6 nitrogen and oxygen atoms in total. The van der Waals surface area contributed by atoms with Crippen LogP contribution in [0.4, 0.5) is 10.1 Å². The van der Waals surface area contributed by atoms with Crippen molar-refractivity contribution in [2.75, 3.05) is 5.32 Å². The van der Waals surface area contributed by atoms with Gasteiger partial charge in [0.1, 0.15) is 17.1 Å². The van der Waals surface area contributed by atoms with Gasteiger partial charge in [-0.3, -0.25) is 10.1 Å². The number of oxazole rings is 1. The van der Waals surface area contributed by atoms with Crippen LogP contribution in [-0.2, 0) is 0 Å². The summed E-state index contributed by atoms with van der Waals surface area (Å²) in [6.45, 7) is 0. The molecule has 8 heteroatoms. The van der Waals surface area contributed by atoms with Crippen LogP contribution in [0.1, 0.15) is 10.4 Å². The highest BCUT2D eigenvalue weighted by Gasteiger charge is 2.14. The smallest absolute Gasteiger partial charge is 0.257 e. The van der Waals surface area contributed by atoms with Gasteiger partial charge in [-0.2, -0.15) is 0 Å². The lowest BCUT2D eigenvalue weighted by molar-refractivity contribution is 0.0977. The summed E-state index contributed by atoms with van der Waals surface area (Å²) in [5.74, 6) is -0.657. The van der Waals surface area contributed by atoms with E-state index in [0.717, 1.165) is 0 Å². The Morgan fingerprint density at radius 3 is 2.59 bits per heavy atom. The number of carbonyl (C=O) groups is 1. The van der Waals surface area contributed by atoms with Crippen molar-refractivity contribution in [2.45, 2.75) is 0 Å². The highest BCUT2D eigenvalue weighted by atomic mass is 32.1.